The van der Waals surface area contributed by atoms with Crippen LogP contribution < -0.4 is 10.6 Å². The molecule has 3 N–H and O–H groups in total. The van der Waals surface area contributed by atoms with E-state index in [4.69, 9.17) is 9.84 Å². The summed E-state index contributed by atoms with van der Waals surface area (Å²) in [7, 11) is 1.59. The summed E-state index contributed by atoms with van der Waals surface area (Å²) >= 11 is 0. The van der Waals surface area contributed by atoms with Gasteiger partial charge in [0.15, 0.2) is 0 Å². The van der Waals surface area contributed by atoms with Gasteiger partial charge in [-0.25, -0.2) is 4.79 Å². The van der Waals surface area contributed by atoms with Crippen LogP contribution in [0.3, 0.4) is 0 Å². The number of hydrogen-bond donors (Lipinski definition) is 3. The van der Waals surface area contributed by atoms with Crippen LogP contribution in [0.2, 0.25) is 0 Å². The second kappa shape index (κ2) is 8.74. The van der Waals surface area contributed by atoms with Gasteiger partial charge in [-0.2, -0.15) is 0 Å². The molecule has 2 atom stereocenters. The van der Waals surface area contributed by atoms with E-state index in [1.165, 1.54) is 0 Å². The number of urea groups is 1. The predicted octanol–water partition coefficient (Wildman–Crippen LogP) is 1.21. The molecule has 0 saturated carbocycles. The topological polar surface area (TPSA) is 87.7 Å². The number of carbonyl (C=O) groups is 2. The van der Waals surface area contributed by atoms with Crippen LogP contribution in [-0.4, -0.2) is 42.9 Å². The molecule has 6 nitrogen and oxygen atoms in total. The molecule has 106 valence electrons. The van der Waals surface area contributed by atoms with Gasteiger partial charge >= 0.3 is 12.0 Å². The summed E-state index contributed by atoms with van der Waals surface area (Å²) in [6.45, 7) is 6.23. The minimum Gasteiger partial charge on any atom is -0.481 e. The molecule has 0 fully saturated rings. The van der Waals surface area contributed by atoms with Gasteiger partial charge < -0.3 is 20.5 Å². The number of ether oxygens (including phenoxy) is 1. The quantitative estimate of drug-likeness (QED) is 0.612. The smallest absolute Gasteiger partial charge is 0.315 e. The molecule has 2 amide bonds. The van der Waals surface area contributed by atoms with Gasteiger partial charge in [0.05, 0.1) is 12.6 Å². The zero-order chi connectivity index (χ0) is 14.1. The second-order valence-corrected chi connectivity index (χ2v) is 4.76. The molecule has 18 heavy (non-hydrogen) atoms. The molecule has 0 bridgehead atoms. The lowest BCUT2D eigenvalue weighted by atomic mass is 10.1. The largest absolute Gasteiger partial charge is 0.481 e. The molecule has 0 aliphatic heterocycles. The maximum Gasteiger partial charge on any atom is 0.315 e. The Morgan fingerprint density at radius 2 is 1.83 bits per heavy atom. The fourth-order valence-corrected chi connectivity index (χ4v) is 1.43. The van der Waals surface area contributed by atoms with Gasteiger partial charge in [-0.3, -0.25) is 4.79 Å². The normalized spacial score (nSPS) is 14.1. The van der Waals surface area contributed by atoms with Gasteiger partial charge in [-0.1, -0.05) is 13.8 Å². The van der Waals surface area contributed by atoms with Crippen molar-refractivity contribution in [3.8, 4) is 0 Å². The zero-order valence-electron chi connectivity index (χ0n) is 11.5. The van der Waals surface area contributed by atoms with Crippen molar-refractivity contribution in [2.75, 3.05) is 13.7 Å². The fraction of sp³-hybridized carbons (Fsp3) is 0.833. The van der Waals surface area contributed by atoms with Crippen LogP contribution in [0, 0.1) is 5.92 Å². The van der Waals surface area contributed by atoms with Crippen LogP contribution in [0.5, 0.6) is 0 Å². The summed E-state index contributed by atoms with van der Waals surface area (Å²) in [5.74, 6) is -0.589. The number of nitrogens with one attached hydrogen (secondary N) is 2. The lowest BCUT2D eigenvalue weighted by Gasteiger charge is -2.23. The van der Waals surface area contributed by atoms with E-state index in [0.29, 0.717) is 13.0 Å². The first-order chi connectivity index (χ1) is 8.36. The number of carboxylic acids is 1. The number of hydrogen-bond acceptors (Lipinski definition) is 3. The Balaban J connectivity index is 4.03. The Bertz CT molecular complexity index is 269. The third-order valence-electron chi connectivity index (χ3n) is 2.64. The van der Waals surface area contributed by atoms with Crippen LogP contribution in [0.1, 0.15) is 33.6 Å². The van der Waals surface area contributed by atoms with Crippen LogP contribution >= 0.6 is 0 Å². The Morgan fingerprint density at radius 1 is 1.22 bits per heavy atom. The van der Waals surface area contributed by atoms with Gasteiger partial charge in [0.2, 0.25) is 0 Å². The maximum atomic E-state index is 11.7. The Labute approximate surface area is 108 Å². The van der Waals surface area contributed by atoms with E-state index in [1.54, 1.807) is 14.0 Å². The van der Waals surface area contributed by atoms with Crippen molar-refractivity contribution in [1.29, 1.82) is 0 Å². The number of rotatable bonds is 8. The van der Waals surface area contributed by atoms with Crippen LogP contribution in [-0.2, 0) is 9.53 Å². The Morgan fingerprint density at radius 3 is 2.28 bits per heavy atom. The van der Waals surface area contributed by atoms with E-state index in [-0.39, 0.29) is 30.5 Å². The van der Waals surface area contributed by atoms with Crippen molar-refractivity contribution >= 4 is 12.0 Å². The molecule has 0 spiro atoms. The number of carbonyl (C=O) groups excluding carboxylic acids is 1. The first-order valence-corrected chi connectivity index (χ1v) is 6.14. The molecule has 0 aromatic carbocycles. The average Bonchev–Trinajstić information content (AvgIpc) is 2.25. The molecule has 0 radical (unpaired) electrons. The van der Waals surface area contributed by atoms with Crippen LogP contribution in [0.25, 0.3) is 0 Å². The number of amides is 2. The van der Waals surface area contributed by atoms with Gasteiger partial charge in [0, 0.05) is 19.6 Å². The molecule has 0 aliphatic carbocycles. The highest BCUT2D eigenvalue weighted by atomic mass is 16.5. The number of carboxylic acid groups (broad SMARTS) is 1. The van der Waals surface area contributed by atoms with Crippen molar-refractivity contribution in [3.63, 3.8) is 0 Å². The van der Waals surface area contributed by atoms with Crippen LogP contribution in [0.15, 0.2) is 0 Å². The molecule has 0 rings (SSSR count). The zero-order valence-corrected chi connectivity index (χ0v) is 11.5. The molecule has 0 aromatic heterocycles. The summed E-state index contributed by atoms with van der Waals surface area (Å²) in [5, 5.41) is 14.1. The summed E-state index contributed by atoms with van der Waals surface area (Å²) in [4.78, 5) is 22.1. The lowest BCUT2D eigenvalue weighted by molar-refractivity contribution is -0.137. The molecule has 2 unspecified atom stereocenters. The third kappa shape index (κ3) is 7.89. The highest BCUT2D eigenvalue weighted by Gasteiger charge is 2.17. The summed E-state index contributed by atoms with van der Waals surface area (Å²) < 4.78 is 5.03. The van der Waals surface area contributed by atoms with Crippen molar-refractivity contribution < 1.29 is 19.4 Å². The molecular weight excluding hydrogens is 236 g/mol. The van der Waals surface area contributed by atoms with Gasteiger partial charge in [-0.15, -0.1) is 0 Å². The van der Waals surface area contributed by atoms with E-state index >= 15 is 0 Å². The van der Waals surface area contributed by atoms with Gasteiger partial charge in [0.1, 0.15) is 0 Å². The van der Waals surface area contributed by atoms with E-state index < -0.39 is 5.97 Å². The Kier molecular flexibility index (Phi) is 8.11. The summed E-state index contributed by atoms with van der Waals surface area (Å²) in [6, 6.07) is -0.512. The van der Waals surface area contributed by atoms with E-state index in [2.05, 4.69) is 10.6 Å². The SMILES string of the molecule is COCC(NC(=O)NC(C)CCC(=O)O)C(C)C. The minimum absolute atomic E-state index is 0.0487. The molecule has 0 heterocycles. The second-order valence-electron chi connectivity index (χ2n) is 4.76. The first-order valence-electron chi connectivity index (χ1n) is 6.14. The highest BCUT2D eigenvalue weighted by molar-refractivity contribution is 5.74. The first kappa shape index (κ1) is 16.7. The molecule has 6 heteroatoms. The van der Waals surface area contributed by atoms with Crippen molar-refractivity contribution in [2.24, 2.45) is 5.92 Å². The Hall–Kier alpha value is -1.30. The fourth-order valence-electron chi connectivity index (χ4n) is 1.43. The number of methoxy groups -OCH3 is 1. The van der Waals surface area contributed by atoms with Crippen molar-refractivity contribution in [3.05, 3.63) is 0 Å². The van der Waals surface area contributed by atoms with Crippen molar-refractivity contribution in [2.45, 2.75) is 45.7 Å². The van der Waals surface area contributed by atoms with Crippen LogP contribution in [0.4, 0.5) is 4.79 Å². The average molecular weight is 260 g/mol. The van der Waals surface area contributed by atoms with Gasteiger partial charge in [-0.05, 0) is 19.3 Å². The third-order valence-corrected chi connectivity index (χ3v) is 2.64. The predicted molar refractivity (Wildman–Crippen MR) is 68.5 cm³/mol. The summed E-state index contributed by atoms with van der Waals surface area (Å²) in [6.07, 6.45) is 0.465. The van der Waals surface area contributed by atoms with Crippen molar-refractivity contribution in [1.82, 2.24) is 10.6 Å². The van der Waals surface area contributed by atoms with E-state index in [9.17, 15) is 9.59 Å². The minimum atomic E-state index is -0.858. The monoisotopic (exact) mass is 260 g/mol. The summed E-state index contributed by atoms with van der Waals surface area (Å²) in [5.41, 5.74) is 0. The lowest BCUT2D eigenvalue weighted by Crippen LogP contribution is -2.49. The standard InChI is InChI=1S/C12H24N2O4/c1-8(2)10(7-18-4)14-12(17)13-9(3)5-6-11(15)16/h8-10H,5-7H2,1-4H3,(H,15,16)(H2,13,14,17). The highest BCUT2D eigenvalue weighted by Crippen LogP contribution is 2.02. The molecule has 0 aromatic rings. The maximum absolute atomic E-state index is 11.7. The molecular formula is C12H24N2O4. The molecule has 0 saturated heterocycles. The van der Waals surface area contributed by atoms with E-state index in [0.717, 1.165) is 0 Å². The molecule has 0 aliphatic rings. The van der Waals surface area contributed by atoms with Gasteiger partial charge in [0.25, 0.3) is 0 Å². The van der Waals surface area contributed by atoms with E-state index in [1.807, 2.05) is 13.8 Å². The number of aliphatic carboxylic acids is 1.